The van der Waals surface area contributed by atoms with Crippen LogP contribution in [0.5, 0.6) is 11.5 Å². The fourth-order valence-corrected chi connectivity index (χ4v) is 11.6. The van der Waals surface area contributed by atoms with Gasteiger partial charge >= 0.3 is 4.87 Å². The molecule has 3 amide bonds. The lowest BCUT2D eigenvalue weighted by molar-refractivity contribution is -0.123. The van der Waals surface area contributed by atoms with E-state index in [1.54, 1.807) is 30.5 Å². The summed E-state index contributed by atoms with van der Waals surface area (Å²) in [5, 5.41) is 3.55. The van der Waals surface area contributed by atoms with E-state index in [1.165, 1.54) is 29.2 Å². The van der Waals surface area contributed by atoms with Crippen molar-refractivity contribution in [2.24, 2.45) is 29.6 Å². The number of thioether (sulfide) groups is 1. The molecule has 48 heavy (non-hydrogen) atoms. The number of amides is 3. The van der Waals surface area contributed by atoms with Crippen molar-refractivity contribution in [3.8, 4) is 11.5 Å². The highest BCUT2D eigenvalue weighted by atomic mass is 32.2. The fourth-order valence-electron chi connectivity index (χ4n) is 8.50. The Hall–Kier alpha value is -4.42. The van der Waals surface area contributed by atoms with Crippen LogP contribution in [0.1, 0.15) is 28.3 Å². The highest BCUT2D eigenvalue weighted by Gasteiger charge is 2.70. The Morgan fingerprint density at radius 3 is 2.29 bits per heavy atom. The molecule has 2 aliphatic heterocycles. The number of hydrogen-bond acceptors (Lipinski definition) is 8. The van der Waals surface area contributed by atoms with Crippen LogP contribution in [-0.4, -0.2) is 41.8 Å². The van der Waals surface area contributed by atoms with Gasteiger partial charge in [-0.15, -0.1) is 11.8 Å². The summed E-state index contributed by atoms with van der Waals surface area (Å²) in [6.07, 6.45) is 0.712. The number of thiazole rings is 1. The number of carbonyl (C=O) groups is 3. The van der Waals surface area contributed by atoms with Crippen molar-refractivity contribution in [2.45, 2.75) is 36.1 Å². The number of fused-ring (bicyclic) bond motifs is 9. The lowest BCUT2D eigenvalue weighted by Gasteiger charge is -2.43. The van der Waals surface area contributed by atoms with Gasteiger partial charge in [0.2, 0.25) is 17.7 Å². The number of benzene rings is 3. The third-order valence-corrected chi connectivity index (χ3v) is 13.2. The zero-order valence-corrected chi connectivity index (χ0v) is 28.0. The van der Waals surface area contributed by atoms with Gasteiger partial charge < -0.3 is 14.8 Å². The first kappa shape index (κ1) is 30.9. The van der Waals surface area contributed by atoms with E-state index in [0.717, 1.165) is 32.4 Å². The molecule has 246 valence electrons. The van der Waals surface area contributed by atoms with E-state index in [0.29, 0.717) is 29.3 Å². The molecule has 4 aromatic rings. The highest BCUT2D eigenvalue weighted by molar-refractivity contribution is 8.00. The summed E-state index contributed by atoms with van der Waals surface area (Å²) in [6, 6.07) is 18.7. The van der Waals surface area contributed by atoms with E-state index in [4.69, 9.17) is 9.47 Å². The summed E-state index contributed by atoms with van der Waals surface area (Å²) in [6.45, 7) is 1.81. The average Bonchev–Trinajstić information content (AvgIpc) is 3.80. The Morgan fingerprint density at radius 1 is 0.917 bits per heavy atom. The van der Waals surface area contributed by atoms with Crippen molar-refractivity contribution in [1.82, 2.24) is 4.57 Å². The summed E-state index contributed by atoms with van der Waals surface area (Å²) in [4.78, 5) is 56.8. The monoisotopic (exact) mass is 685 g/mol. The van der Waals surface area contributed by atoms with Gasteiger partial charge in [0.05, 0.1) is 36.8 Å². The SMILES string of the molecule is COc1ccc(C2c3sc(=O)n(CC(=O)Nc4ccc(C)cc4)c3SC3C4CC(C5C(=O)N(c6ccc(F)cc6)C(=O)C45)C23)cc1OC. The number of carbonyl (C=O) groups excluding carboxylic acids is 3. The number of nitrogens with one attached hydrogen (secondary N) is 1. The van der Waals surface area contributed by atoms with Crippen molar-refractivity contribution in [1.29, 1.82) is 0 Å². The number of aryl methyl sites for hydroxylation is 1. The van der Waals surface area contributed by atoms with Crippen LogP contribution in [0.3, 0.4) is 0 Å². The van der Waals surface area contributed by atoms with E-state index < -0.39 is 17.7 Å². The van der Waals surface area contributed by atoms with Gasteiger partial charge in [0.1, 0.15) is 12.4 Å². The van der Waals surface area contributed by atoms with E-state index in [1.807, 2.05) is 49.4 Å². The maximum atomic E-state index is 14.0. The molecule has 2 bridgehead atoms. The second-order valence-corrected chi connectivity index (χ2v) is 15.1. The Kier molecular flexibility index (Phi) is 7.48. The number of nitrogens with zero attached hydrogens (tertiary/aromatic N) is 2. The van der Waals surface area contributed by atoms with Crippen molar-refractivity contribution < 1.29 is 28.2 Å². The van der Waals surface area contributed by atoms with Gasteiger partial charge in [0.25, 0.3) is 0 Å². The van der Waals surface area contributed by atoms with Crippen LogP contribution >= 0.6 is 23.1 Å². The quantitative estimate of drug-likeness (QED) is 0.249. The molecule has 3 heterocycles. The third kappa shape index (κ3) is 4.71. The molecule has 7 atom stereocenters. The molecule has 1 aromatic heterocycles. The number of imide groups is 1. The second-order valence-electron chi connectivity index (χ2n) is 12.9. The number of aromatic nitrogens is 1. The molecule has 0 spiro atoms. The summed E-state index contributed by atoms with van der Waals surface area (Å²) in [7, 11) is 3.14. The summed E-state index contributed by atoms with van der Waals surface area (Å²) >= 11 is 2.69. The molecular weight excluding hydrogens is 654 g/mol. The molecule has 1 N–H and O–H groups in total. The van der Waals surface area contributed by atoms with Crippen molar-refractivity contribution in [2.75, 3.05) is 24.4 Å². The van der Waals surface area contributed by atoms with Gasteiger partial charge in [-0.05, 0) is 85.2 Å². The van der Waals surface area contributed by atoms with Gasteiger partial charge in [-0.1, -0.05) is 35.1 Å². The van der Waals surface area contributed by atoms with Gasteiger partial charge in [-0.2, -0.15) is 0 Å². The first-order chi connectivity index (χ1) is 23.2. The second kappa shape index (κ2) is 11.6. The lowest BCUT2D eigenvalue weighted by Crippen LogP contribution is -2.43. The fraction of sp³-hybridized carbons (Fsp3) is 0.333. The number of hydrogen-bond donors (Lipinski definition) is 1. The van der Waals surface area contributed by atoms with E-state index in [9.17, 15) is 23.6 Å². The minimum atomic E-state index is -0.502. The zero-order chi connectivity index (χ0) is 33.4. The Morgan fingerprint density at radius 2 is 1.60 bits per heavy atom. The number of halogens is 1. The highest BCUT2D eigenvalue weighted by Crippen LogP contribution is 2.69. The van der Waals surface area contributed by atoms with Gasteiger partial charge in [-0.3, -0.25) is 28.6 Å². The van der Waals surface area contributed by atoms with Crippen LogP contribution in [0.2, 0.25) is 0 Å². The van der Waals surface area contributed by atoms with Gasteiger partial charge in [0.15, 0.2) is 11.5 Å². The largest absolute Gasteiger partial charge is 0.493 e. The number of ether oxygens (including phenoxy) is 2. The molecule has 3 aromatic carbocycles. The van der Waals surface area contributed by atoms with Crippen molar-refractivity contribution in [3.05, 3.63) is 98.2 Å². The van der Waals surface area contributed by atoms with Crippen molar-refractivity contribution in [3.63, 3.8) is 0 Å². The predicted molar refractivity (Wildman–Crippen MR) is 180 cm³/mol. The molecule has 0 radical (unpaired) electrons. The molecular formula is C36H32FN3O6S2. The maximum Gasteiger partial charge on any atom is 0.308 e. The van der Waals surface area contributed by atoms with E-state index >= 15 is 0 Å². The van der Waals surface area contributed by atoms with E-state index in [2.05, 4.69) is 5.32 Å². The smallest absolute Gasteiger partial charge is 0.308 e. The first-order valence-corrected chi connectivity index (χ1v) is 17.5. The Balaban J connectivity index is 1.20. The topological polar surface area (TPSA) is 107 Å². The zero-order valence-electron chi connectivity index (χ0n) is 26.3. The van der Waals surface area contributed by atoms with Crippen LogP contribution in [0.4, 0.5) is 15.8 Å². The number of methoxy groups -OCH3 is 2. The third-order valence-electron chi connectivity index (χ3n) is 10.4. The maximum absolute atomic E-state index is 14.0. The van der Waals surface area contributed by atoms with Gasteiger partial charge in [0, 0.05) is 21.7 Å². The first-order valence-electron chi connectivity index (χ1n) is 15.8. The molecule has 3 fully saturated rings. The van der Waals surface area contributed by atoms with Crippen LogP contribution in [0.15, 0.2) is 76.6 Å². The molecule has 9 nitrogen and oxygen atoms in total. The minimum Gasteiger partial charge on any atom is -0.493 e. The van der Waals surface area contributed by atoms with Crippen molar-refractivity contribution >= 4 is 52.2 Å². The average molecular weight is 686 g/mol. The molecule has 1 saturated heterocycles. The van der Waals surface area contributed by atoms with Crippen LogP contribution < -0.4 is 24.6 Å². The Bertz CT molecular complexity index is 2030. The molecule has 2 aliphatic carbocycles. The standard InChI is InChI=1S/C36H32FN3O6S2/c1-17-4-9-20(10-5-17)38-26(41)16-39-35-32(48-36(39)44)27(18-6-13-24(45-2)25(14-18)46-3)28-22-15-23(31(28)47-35)30-29(22)33(42)40(34(30)43)21-11-7-19(37)8-12-21/h4-14,22-23,27-31H,15-16H2,1-3H3,(H,38,41). The molecule has 2 saturated carbocycles. The lowest BCUT2D eigenvalue weighted by atomic mass is 9.68. The van der Waals surface area contributed by atoms with Crippen LogP contribution in [-0.2, 0) is 20.9 Å². The Labute approximate surface area is 284 Å². The number of rotatable bonds is 7. The summed E-state index contributed by atoms with van der Waals surface area (Å²) < 4.78 is 26.5. The molecule has 12 heteroatoms. The van der Waals surface area contributed by atoms with Crippen LogP contribution in [0, 0.1) is 42.3 Å². The number of anilines is 2. The normalized spacial score (nSPS) is 26.7. The van der Waals surface area contributed by atoms with E-state index in [-0.39, 0.29) is 58.1 Å². The molecule has 8 rings (SSSR count). The van der Waals surface area contributed by atoms with Crippen LogP contribution in [0.25, 0.3) is 0 Å². The molecule has 4 aliphatic rings. The summed E-state index contributed by atoms with van der Waals surface area (Å²) in [5.74, 6) is -1.69. The molecule has 7 unspecified atom stereocenters. The van der Waals surface area contributed by atoms with Gasteiger partial charge in [-0.25, -0.2) is 4.39 Å². The summed E-state index contributed by atoms with van der Waals surface area (Å²) in [5.41, 5.74) is 3.00. The minimum absolute atomic E-state index is 0.0512. The predicted octanol–water partition coefficient (Wildman–Crippen LogP) is 5.69.